The van der Waals surface area contributed by atoms with Crippen LogP contribution in [-0.2, 0) is 6.42 Å². The maximum atomic E-state index is 3.47. The van der Waals surface area contributed by atoms with Crippen LogP contribution in [0.1, 0.15) is 36.3 Å². The first-order valence-electron chi connectivity index (χ1n) is 7.79. The minimum absolute atomic E-state index is 0.790. The average molecular weight is 258 g/mol. The van der Waals surface area contributed by atoms with Crippen molar-refractivity contribution in [3.63, 3.8) is 0 Å². The van der Waals surface area contributed by atoms with E-state index >= 15 is 0 Å². The Labute approximate surface area is 117 Å². The van der Waals surface area contributed by atoms with E-state index < -0.39 is 0 Å². The van der Waals surface area contributed by atoms with Crippen molar-refractivity contribution in [3.05, 3.63) is 35.4 Å². The number of rotatable bonds is 3. The monoisotopic (exact) mass is 258 g/mol. The Balaban J connectivity index is 1.65. The lowest BCUT2D eigenvalue weighted by Gasteiger charge is -2.29. The van der Waals surface area contributed by atoms with Crippen molar-refractivity contribution >= 4 is 0 Å². The normalized spacial score (nSPS) is 25.8. The van der Waals surface area contributed by atoms with Crippen LogP contribution in [0.15, 0.2) is 24.3 Å². The lowest BCUT2D eigenvalue weighted by molar-refractivity contribution is 0.255. The van der Waals surface area contributed by atoms with Crippen LogP contribution in [0.5, 0.6) is 0 Å². The van der Waals surface area contributed by atoms with Crippen molar-refractivity contribution in [1.82, 2.24) is 10.2 Å². The SMILES string of the molecule is CN1CCC(c2cccc(CC3CCNC3)c2)CC1. The number of hydrogen-bond donors (Lipinski definition) is 1. The smallest absolute Gasteiger partial charge is 0.00159 e. The van der Waals surface area contributed by atoms with Crippen LogP contribution in [0.4, 0.5) is 0 Å². The quantitative estimate of drug-likeness (QED) is 0.896. The van der Waals surface area contributed by atoms with Crippen molar-refractivity contribution in [1.29, 1.82) is 0 Å². The highest BCUT2D eigenvalue weighted by atomic mass is 15.1. The van der Waals surface area contributed by atoms with Crippen LogP contribution < -0.4 is 5.32 Å². The van der Waals surface area contributed by atoms with E-state index in [-0.39, 0.29) is 0 Å². The van der Waals surface area contributed by atoms with E-state index in [1.807, 2.05) is 0 Å². The van der Waals surface area contributed by atoms with E-state index in [0.717, 1.165) is 11.8 Å². The van der Waals surface area contributed by atoms with Gasteiger partial charge in [-0.25, -0.2) is 0 Å². The fourth-order valence-electron chi connectivity index (χ4n) is 3.54. The van der Waals surface area contributed by atoms with Gasteiger partial charge in [0.15, 0.2) is 0 Å². The van der Waals surface area contributed by atoms with Crippen LogP contribution in [0.2, 0.25) is 0 Å². The molecule has 0 spiro atoms. The second kappa shape index (κ2) is 6.06. The standard InChI is InChI=1S/C17H26N2/c1-19-9-6-16(7-10-19)17-4-2-3-14(12-17)11-15-5-8-18-13-15/h2-4,12,15-16,18H,5-11,13H2,1H3. The molecule has 2 aliphatic heterocycles. The molecule has 1 atom stereocenters. The van der Waals surface area contributed by atoms with Gasteiger partial charge < -0.3 is 10.2 Å². The summed E-state index contributed by atoms with van der Waals surface area (Å²) in [5.74, 6) is 1.64. The Kier molecular flexibility index (Phi) is 4.19. The second-order valence-corrected chi connectivity index (χ2v) is 6.39. The zero-order valence-electron chi connectivity index (χ0n) is 12.1. The predicted octanol–water partition coefficient (Wildman–Crippen LogP) is 2.65. The molecule has 0 aliphatic carbocycles. The molecule has 0 radical (unpaired) electrons. The van der Waals surface area contributed by atoms with E-state index in [1.54, 1.807) is 11.1 Å². The molecule has 0 aromatic heterocycles. The van der Waals surface area contributed by atoms with Gasteiger partial charge >= 0.3 is 0 Å². The number of benzene rings is 1. The molecule has 1 aromatic carbocycles. The Morgan fingerprint density at radius 2 is 2.05 bits per heavy atom. The van der Waals surface area contributed by atoms with Gasteiger partial charge in [-0.2, -0.15) is 0 Å². The topological polar surface area (TPSA) is 15.3 Å². The molecule has 0 bridgehead atoms. The van der Waals surface area contributed by atoms with Crippen molar-refractivity contribution in [3.8, 4) is 0 Å². The number of piperidine rings is 1. The van der Waals surface area contributed by atoms with E-state index in [1.165, 1.54) is 51.9 Å². The van der Waals surface area contributed by atoms with Crippen LogP contribution >= 0.6 is 0 Å². The molecule has 2 heteroatoms. The molecule has 2 nitrogen and oxygen atoms in total. The lowest BCUT2D eigenvalue weighted by Crippen LogP contribution is -2.29. The summed E-state index contributed by atoms with van der Waals surface area (Å²) in [6.07, 6.45) is 5.25. The molecule has 0 saturated carbocycles. The van der Waals surface area contributed by atoms with Gasteiger partial charge in [-0.1, -0.05) is 24.3 Å². The first-order chi connectivity index (χ1) is 9.31. The fourth-order valence-corrected chi connectivity index (χ4v) is 3.54. The van der Waals surface area contributed by atoms with Crippen molar-refractivity contribution in [2.24, 2.45) is 5.92 Å². The third-order valence-electron chi connectivity index (χ3n) is 4.83. The number of nitrogens with zero attached hydrogens (tertiary/aromatic N) is 1. The molecule has 2 saturated heterocycles. The van der Waals surface area contributed by atoms with Crippen molar-refractivity contribution in [2.45, 2.75) is 31.6 Å². The van der Waals surface area contributed by atoms with Gasteiger partial charge in [-0.15, -0.1) is 0 Å². The zero-order chi connectivity index (χ0) is 13.1. The molecule has 19 heavy (non-hydrogen) atoms. The number of hydrogen-bond acceptors (Lipinski definition) is 2. The molecule has 3 rings (SSSR count). The van der Waals surface area contributed by atoms with Crippen LogP contribution in [0.3, 0.4) is 0 Å². The van der Waals surface area contributed by atoms with Crippen molar-refractivity contribution in [2.75, 3.05) is 33.2 Å². The molecule has 104 valence electrons. The largest absolute Gasteiger partial charge is 0.316 e. The Bertz CT molecular complexity index is 401. The average Bonchev–Trinajstić information content (AvgIpc) is 2.93. The Hall–Kier alpha value is -0.860. The highest BCUT2D eigenvalue weighted by Gasteiger charge is 2.19. The summed E-state index contributed by atoms with van der Waals surface area (Å²) < 4.78 is 0. The van der Waals surface area contributed by atoms with Crippen molar-refractivity contribution < 1.29 is 0 Å². The highest BCUT2D eigenvalue weighted by Crippen LogP contribution is 2.28. The Morgan fingerprint density at radius 3 is 2.79 bits per heavy atom. The third-order valence-corrected chi connectivity index (χ3v) is 4.83. The third kappa shape index (κ3) is 3.37. The van der Waals surface area contributed by atoms with Gasteiger partial charge in [0, 0.05) is 0 Å². The van der Waals surface area contributed by atoms with Gasteiger partial charge in [0.1, 0.15) is 0 Å². The lowest BCUT2D eigenvalue weighted by atomic mass is 9.87. The highest BCUT2D eigenvalue weighted by molar-refractivity contribution is 5.27. The summed E-state index contributed by atoms with van der Waals surface area (Å²) in [4.78, 5) is 2.45. The van der Waals surface area contributed by atoms with Gasteiger partial charge in [-0.05, 0) is 81.9 Å². The predicted molar refractivity (Wildman–Crippen MR) is 80.6 cm³/mol. The summed E-state index contributed by atoms with van der Waals surface area (Å²) in [7, 11) is 2.24. The molecule has 1 N–H and O–H groups in total. The minimum atomic E-state index is 0.790. The van der Waals surface area contributed by atoms with Crippen LogP contribution in [-0.4, -0.2) is 38.1 Å². The summed E-state index contributed by atoms with van der Waals surface area (Å²) >= 11 is 0. The summed E-state index contributed by atoms with van der Waals surface area (Å²) in [5.41, 5.74) is 3.13. The number of nitrogens with one attached hydrogen (secondary N) is 1. The molecule has 2 fully saturated rings. The second-order valence-electron chi connectivity index (χ2n) is 6.39. The van der Waals surface area contributed by atoms with E-state index in [0.29, 0.717) is 0 Å². The van der Waals surface area contributed by atoms with Crippen LogP contribution in [0, 0.1) is 5.92 Å². The van der Waals surface area contributed by atoms with Crippen LogP contribution in [0.25, 0.3) is 0 Å². The zero-order valence-corrected chi connectivity index (χ0v) is 12.1. The first kappa shape index (κ1) is 13.1. The molecule has 2 aliphatic rings. The van der Waals surface area contributed by atoms with E-state index in [4.69, 9.17) is 0 Å². The molecular formula is C17H26N2. The molecule has 1 unspecified atom stereocenters. The summed E-state index contributed by atoms with van der Waals surface area (Å²) in [6, 6.07) is 9.41. The van der Waals surface area contributed by atoms with Gasteiger partial charge in [-0.3, -0.25) is 0 Å². The molecular weight excluding hydrogens is 232 g/mol. The number of likely N-dealkylation sites (tertiary alicyclic amines) is 1. The minimum Gasteiger partial charge on any atom is -0.316 e. The Morgan fingerprint density at radius 1 is 1.21 bits per heavy atom. The first-order valence-corrected chi connectivity index (χ1v) is 7.79. The fraction of sp³-hybridized carbons (Fsp3) is 0.647. The molecule has 2 heterocycles. The summed E-state index contributed by atoms with van der Waals surface area (Å²) in [5, 5.41) is 3.47. The van der Waals surface area contributed by atoms with E-state index in [9.17, 15) is 0 Å². The maximum absolute atomic E-state index is 3.47. The molecule has 0 amide bonds. The van der Waals surface area contributed by atoms with Gasteiger partial charge in [0.05, 0.1) is 0 Å². The van der Waals surface area contributed by atoms with E-state index in [2.05, 4.69) is 41.5 Å². The summed E-state index contributed by atoms with van der Waals surface area (Å²) in [6.45, 7) is 4.92. The van der Waals surface area contributed by atoms with Gasteiger partial charge in [0.25, 0.3) is 0 Å². The maximum Gasteiger partial charge on any atom is -0.00159 e. The molecule has 1 aromatic rings. The van der Waals surface area contributed by atoms with Gasteiger partial charge in [0.2, 0.25) is 0 Å².